The van der Waals surface area contributed by atoms with E-state index in [1.165, 1.54) is 0 Å². The van der Waals surface area contributed by atoms with E-state index < -0.39 is 5.97 Å². The van der Waals surface area contributed by atoms with E-state index in [4.69, 9.17) is 0 Å². The van der Waals surface area contributed by atoms with E-state index in [9.17, 15) is 9.90 Å². The molecular formula is C14H24O2. The maximum Gasteiger partial charge on any atom is 0.306 e. The first-order valence-corrected chi connectivity index (χ1v) is 6.29. The lowest BCUT2D eigenvalue weighted by Gasteiger charge is -2.43. The van der Waals surface area contributed by atoms with Crippen LogP contribution in [0.25, 0.3) is 0 Å². The van der Waals surface area contributed by atoms with Gasteiger partial charge in [0, 0.05) is 0 Å². The van der Waals surface area contributed by atoms with Gasteiger partial charge in [-0.25, -0.2) is 0 Å². The van der Waals surface area contributed by atoms with E-state index in [-0.39, 0.29) is 17.3 Å². The normalized spacial score (nSPS) is 30.0. The average Bonchev–Trinajstić information content (AvgIpc) is 2.14. The summed E-state index contributed by atoms with van der Waals surface area (Å²) in [6.45, 7) is 8.60. The number of hydrogen-bond donors (Lipinski definition) is 1. The molecule has 1 aliphatic rings. The minimum absolute atomic E-state index is 0.104. The van der Waals surface area contributed by atoms with Gasteiger partial charge in [0.2, 0.25) is 0 Å². The van der Waals surface area contributed by atoms with E-state index in [2.05, 4.69) is 39.8 Å². The molecule has 1 N–H and O–H groups in total. The first-order valence-electron chi connectivity index (χ1n) is 6.29. The van der Waals surface area contributed by atoms with Crippen molar-refractivity contribution < 1.29 is 9.90 Å². The van der Waals surface area contributed by atoms with Crippen LogP contribution in [0.5, 0.6) is 0 Å². The number of carboxylic acids is 1. The fraction of sp³-hybridized carbons (Fsp3) is 0.786. The molecule has 0 bridgehead atoms. The Bertz CT molecular complexity index is 278. The average molecular weight is 224 g/mol. The molecule has 1 aliphatic carbocycles. The van der Waals surface area contributed by atoms with E-state index in [0.717, 1.165) is 19.3 Å². The SMILES string of the molecule is CCCC(C(=O)O)C1C(C)C=CCC1(C)C. The smallest absolute Gasteiger partial charge is 0.306 e. The summed E-state index contributed by atoms with van der Waals surface area (Å²) in [6.07, 6.45) is 7.12. The molecule has 0 aromatic heterocycles. The lowest BCUT2D eigenvalue weighted by Crippen LogP contribution is -2.40. The van der Waals surface area contributed by atoms with Crippen molar-refractivity contribution in [1.29, 1.82) is 0 Å². The van der Waals surface area contributed by atoms with E-state index >= 15 is 0 Å². The summed E-state index contributed by atoms with van der Waals surface area (Å²) in [6, 6.07) is 0. The third-order valence-electron chi connectivity index (χ3n) is 3.90. The summed E-state index contributed by atoms with van der Waals surface area (Å²) >= 11 is 0. The van der Waals surface area contributed by atoms with Gasteiger partial charge in [0.15, 0.2) is 0 Å². The Morgan fingerprint density at radius 2 is 2.19 bits per heavy atom. The molecule has 0 spiro atoms. The molecule has 0 radical (unpaired) electrons. The fourth-order valence-corrected chi connectivity index (χ4v) is 3.23. The second-order valence-corrected chi connectivity index (χ2v) is 5.74. The molecule has 2 heteroatoms. The second-order valence-electron chi connectivity index (χ2n) is 5.74. The zero-order valence-electron chi connectivity index (χ0n) is 10.9. The fourth-order valence-electron chi connectivity index (χ4n) is 3.23. The Hall–Kier alpha value is -0.790. The molecule has 0 aliphatic heterocycles. The topological polar surface area (TPSA) is 37.3 Å². The molecule has 92 valence electrons. The van der Waals surface area contributed by atoms with Gasteiger partial charge in [0.1, 0.15) is 0 Å². The summed E-state index contributed by atoms with van der Waals surface area (Å²) in [5.74, 6) is -0.187. The summed E-state index contributed by atoms with van der Waals surface area (Å²) in [4.78, 5) is 11.4. The highest BCUT2D eigenvalue weighted by molar-refractivity contribution is 5.70. The molecule has 0 saturated carbocycles. The van der Waals surface area contributed by atoms with Gasteiger partial charge in [-0.3, -0.25) is 4.79 Å². The van der Waals surface area contributed by atoms with Gasteiger partial charge in [0.25, 0.3) is 0 Å². The third-order valence-corrected chi connectivity index (χ3v) is 3.90. The minimum atomic E-state index is -0.623. The largest absolute Gasteiger partial charge is 0.481 e. The van der Waals surface area contributed by atoms with Crippen LogP contribution < -0.4 is 0 Å². The molecule has 0 saturated heterocycles. The van der Waals surface area contributed by atoms with Crippen molar-refractivity contribution in [3.8, 4) is 0 Å². The summed E-state index contributed by atoms with van der Waals surface area (Å²) < 4.78 is 0. The number of aliphatic carboxylic acids is 1. The van der Waals surface area contributed by atoms with Crippen molar-refractivity contribution in [2.45, 2.75) is 47.0 Å². The molecular weight excluding hydrogens is 200 g/mol. The van der Waals surface area contributed by atoms with Gasteiger partial charge in [-0.15, -0.1) is 0 Å². The van der Waals surface area contributed by atoms with Gasteiger partial charge in [0.05, 0.1) is 5.92 Å². The molecule has 0 fully saturated rings. The lowest BCUT2D eigenvalue weighted by molar-refractivity contribution is -0.147. The molecule has 16 heavy (non-hydrogen) atoms. The molecule has 3 unspecified atom stereocenters. The van der Waals surface area contributed by atoms with Crippen molar-refractivity contribution in [2.75, 3.05) is 0 Å². The zero-order valence-corrected chi connectivity index (χ0v) is 10.9. The summed E-state index contributed by atoms with van der Waals surface area (Å²) in [7, 11) is 0. The van der Waals surface area contributed by atoms with Gasteiger partial charge in [-0.05, 0) is 30.1 Å². The highest BCUT2D eigenvalue weighted by Crippen LogP contribution is 2.46. The molecule has 0 heterocycles. The van der Waals surface area contributed by atoms with E-state index in [1.807, 2.05) is 0 Å². The Labute approximate surface area is 98.7 Å². The Morgan fingerprint density at radius 3 is 2.62 bits per heavy atom. The number of hydrogen-bond acceptors (Lipinski definition) is 1. The molecule has 1 rings (SSSR count). The van der Waals surface area contributed by atoms with Crippen LogP contribution in [0.4, 0.5) is 0 Å². The van der Waals surface area contributed by atoms with Crippen LogP contribution in [0.15, 0.2) is 12.2 Å². The summed E-state index contributed by atoms with van der Waals surface area (Å²) in [5.41, 5.74) is 0.104. The van der Waals surface area contributed by atoms with Crippen molar-refractivity contribution in [3.63, 3.8) is 0 Å². The van der Waals surface area contributed by atoms with Crippen LogP contribution in [0.3, 0.4) is 0 Å². The molecule has 0 aromatic carbocycles. The number of allylic oxidation sites excluding steroid dienone is 2. The Morgan fingerprint density at radius 1 is 1.56 bits per heavy atom. The molecule has 3 atom stereocenters. The van der Waals surface area contributed by atoms with Gasteiger partial charge >= 0.3 is 5.97 Å². The Kier molecular flexibility index (Phi) is 4.17. The van der Waals surface area contributed by atoms with E-state index in [0.29, 0.717) is 5.92 Å². The summed E-state index contributed by atoms with van der Waals surface area (Å²) in [5, 5.41) is 9.38. The van der Waals surface area contributed by atoms with Gasteiger partial charge in [-0.1, -0.05) is 46.3 Å². The van der Waals surface area contributed by atoms with E-state index in [1.54, 1.807) is 0 Å². The van der Waals surface area contributed by atoms with Crippen molar-refractivity contribution in [2.24, 2.45) is 23.2 Å². The highest BCUT2D eigenvalue weighted by Gasteiger charge is 2.42. The number of carbonyl (C=O) groups is 1. The molecule has 2 nitrogen and oxygen atoms in total. The van der Waals surface area contributed by atoms with Crippen molar-refractivity contribution >= 4 is 5.97 Å². The van der Waals surface area contributed by atoms with Crippen molar-refractivity contribution in [3.05, 3.63) is 12.2 Å². The van der Waals surface area contributed by atoms with Crippen LogP contribution in [0, 0.1) is 23.2 Å². The molecule has 0 amide bonds. The molecule has 0 aromatic rings. The third kappa shape index (κ3) is 2.66. The second kappa shape index (κ2) is 5.03. The van der Waals surface area contributed by atoms with Crippen molar-refractivity contribution in [1.82, 2.24) is 0 Å². The first kappa shape index (κ1) is 13.3. The zero-order chi connectivity index (χ0) is 12.3. The number of carboxylic acid groups (broad SMARTS) is 1. The lowest BCUT2D eigenvalue weighted by atomic mass is 9.61. The quantitative estimate of drug-likeness (QED) is 0.739. The predicted octanol–water partition coefficient (Wildman–Crippen LogP) is 3.73. The first-order chi connectivity index (χ1) is 7.40. The maximum absolute atomic E-state index is 11.4. The minimum Gasteiger partial charge on any atom is -0.481 e. The van der Waals surface area contributed by atoms with Gasteiger partial charge < -0.3 is 5.11 Å². The standard InChI is InChI=1S/C14H24O2/c1-5-7-11(13(15)16)12-10(2)8-6-9-14(12,3)4/h6,8,10-12H,5,7,9H2,1-4H3,(H,15,16). The van der Waals surface area contributed by atoms with Crippen LogP contribution >= 0.6 is 0 Å². The van der Waals surface area contributed by atoms with Crippen LogP contribution in [0.2, 0.25) is 0 Å². The maximum atomic E-state index is 11.4. The number of rotatable bonds is 4. The highest BCUT2D eigenvalue weighted by atomic mass is 16.4. The van der Waals surface area contributed by atoms with Crippen LogP contribution in [0.1, 0.15) is 47.0 Å². The van der Waals surface area contributed by atoms with Crippen LogP contribution in [-0.2, 0) is 4.79 Å². The monoisotopic (exact) mass is 224 g/mol. The Balaban J connectivity index is 2.96. The van der Waals surface area contributed by atoms with Crippen LogP contribution in [-0.4, -0.2) is 11.1 Å². The predicted molar refractivity (Wildman–Crippen MR) is 66.2 cm³/mol. The van der Waals surface area contributed by atoms with Gasteiger partial charge in [-0.2, -0.15) is 0 Å².